The molecule has 2 atom stereocenters. The molecular formula is C12H18O5. The van der Waals surface area contributed by atoms with Gasteiger partial charge in [0.25, 0.3) is 0 Å². The summed E-state index contributed by atoms with van der Waals surface area (Å²) in [5.74, 6) is -1.92. The number of hydrogen-bond acceptors (Lipinski definition) is 5. The first-order chi connectivity index (χ1) is 8.12. The maximum atomic E-state index is 11.5. The van der Waals surface area contributed by atoms with Crippen molar-refractivity contribution in [1.82, 2.24) is 0 Å². The molecule has 0 unspecified atom stereocenters. The molecule has 5 nitrogen and oxygen atoms in total. The van der Waals surface area contributed by atoms with Crippen molar-refractivity contribution in [2.45, 2.75) is 12.5 Å². The highest BCUT2D eigenvalue weighted by Crippen LogP contribution is 2.16. The van der Waals surface area contributed by atoms with Crippen LogP contribution in [0.4, 0.5) is 0 Å². The van der Waals surface area contributed by atoms with Crippen molar-refractivity contribution in [3.05, 3.63) is 25.3 Å². The Morgan fingerprint density at radius 2 is 1.71 bits per heavy atom. The Morgan fingerprint density at radius 1 is 1.12 bits per heavy atom. The minimum atomic E-state index is -1.01. The van der Waals surface area contributed by atoms with Crippen LogP contribution in [0.3, 0.4) is 0 Å². The van der Waals surface area contributed by atoms with Gasteiger partial charge in [0.1, 0.15) is 0 Å². The highest BCUT2D eigenvalue weighted by Gasteiger charge is 2.35. The van der Waals surface area contributed by atoms with Gasteiger partial charge in [0.2, 0.25) is 0 Å². The van der Waals surface area contributed by atoms with Crippen LogP contribution >= 0.6 is 0 Å². The molecule has 5 heteroatoms. The zero-order valence-corrected chi connectivity index (χ0v) is 10.2. The predicted molar refractivity (Wildman–Crippen MR) is 62.3 cm³/mol. The maximum Gasteiger partial charge on any atom is 0.335 e. The molecule has 0 spiro atoms. The lowest BCUT2D eigenvalue weighted by molar-refractivity contribution is -0.166. The van der Waals surface area contributed by atoms with E-state index in [4.69, 9.17) is 4.74 Å². The van der Waals surface area contributed by atoms with E-state index in [0.717, 1.165) is 0 Å². The van der Waals surface area contributed by atoms with E-state index in [2.05, 4.69) is 22.6 Å². The number of methoxy groups -OCH3 is 2. The van der Waals surface area contributed by atoms with Gasteiger partial charge in [-0.15, -0.1) is 13.2 Å². The van der Waals surface area contributed by atoms with Crippen LogP contribution in [0.25, 0.3) is 0 Å². The van der Waals surface area contributed by atoms with E-state index in [0.29, 0.717) is 0 Å². The fraction of sp³-hybridized carbons (Fsp3) is 0.500. The van der Waals surface area contributed by atoms with Crippen LogP contribution in [-0.2, 0) is 23.8 Å². The van der Waals surface area contributed by atoms with Crippen LogP contribution in [0.5, 0.6) is 0 Å². The average molecular weight is 242 g/mol. The lowest BCUT2D eigenvalue weighted by Crippen LogP contribution is -2.38. The second kappa shape index (κ2) is 8.52. The minimum absolute atomic E-state index is 0.143. The number of ether oxygens (including phenoxy) is 3. The molecule has 0 amide bonds. The van der Waals surface area contributed by atoms with E-state index in [1.807, 2.05) is 0 Å². The predicted octanol–water partition coefficient (Wildman–Crippen LogP) is 1.10. The van der Waals surface area contributed by atoms with Crippen molar-refractivity contribution in [3.63, 3.8) is 0 Å². The summed E-state index contributed by atoms with van der Waals surface area (Å²) in [6.07, 6.45) is 2.26. The summed E-state index contributed by atoms with van der Waals surface area (Å²) in [4.78, 5) is 23.1. The van der Waals surface area contributed by atoms with Gasteiger partial charge in [0.05, 0.1) is 26.7 Å². The Hall–Kier alpha value is -1.62. The highest BCUT2D eigenvalue weighted by molar-refractivity contribution is 5.83. The van der Waals surface area contributed by atoms with Crippen molar-refractivity contribution < 1.29 is 23.8 Å². The van der Waals surface area contributed by atoms with Crippen molar-refractivity contribution in [1.29, 1.82) is 0 Å². The van der Waals surface area contributed by atoms with E-state index in [-0.39, 0.29) is 13.0 Å². The molecule has 17 heavy (non-hydrogen) atoms. The molecule has 0 heterocycles. The van der Waals surface area contributed by atoms with Crippen LogP contribution < -0.4 is 0 Å². The van der Waals surface area contributed by atoms with Gasteiger partial charge in [-0.05, 0) is 6.42 Å². The van der Waals surface area contributed by atoms with Crippen molar-refractivity contribution in [3.8, 4) is 0 Å². The molecule has 0 fully saturated rings. The topological polar surface area (TPSA) is 61.8 Å². The molecule has 0 N–H and O–H groups in total. The van der Waals surface area contributed by atoms with Gasteiger partial charge in [0.15, 0.2) is 6.10 Å². The molecule has 0 rings (SSSR count). The molecule has 0 aromatic heterocycles. The van der Waals surface area contributed by atoms with Crippen molar-refractivity contribution >= 4 is 11.9 Å². The highest BCUT2D eigenvalue weighted by atomic mass is 16.6. The zero-order chi connectivity index (χ0) is 13.3. The normalized spacial score (nSPS) is 13.3. The second-order valence-electron chi connectivity index (χ2n) is 3.22. The largest absolute Gasteiger partial charge is 0.469 e. The third-order valence-electron chi connectivity index (χ3n) is 2.12. The minimum Gasteiger partial charge on any atom is -0.469 e. The molecular weight excluding hydrogens is 224 g/mol. The van der Waals surface area contributed by atoms with Crippen molar-refractivity contribution in [2.75, 3.05) is 20.8 Å². The third-order valence-corrected chi connectivity index (χ3v) is 2.12. The summed E-state index contributed by atoms with van der Waals surface area (Å²) in [5, 5.41) is 0. The summed E-state index contributed by atoms with van der Waals surface area (Å²) >= 11 is 0. The quantitative estimate of drug-likeness (QED) is 0.471. The van der Waals surface area contributed by atoms with Crippen LogP contribution in [0, 0.1) is 5.92 Å². The fourth-order valence-electron chi connectivity index (χ4n) is 1.31. The van der Waals surface area contributed by atoms with Gasteiger partial charge in [-0.1, -0.05) is 12.2 Å². The average Bonchev–Trinajstić information content (AvgIpc) is 2.36. The smallest absolute Gasteiger partial charge is 0.335 e. The molecule has 96 valence electrons. The third kappa shape index (κ3) is 4.82. The van der Waals surface area contributed by atoms with Gasteiger partial charge >= 0.3 is 11.9 Å². The number of hydrogen-bond donors (Lipinski definition) is 0. The fourth-order valence-corrected chi connectivity index (χ4v) is 1.31. The summed E-state index contributed by atoms with van der Waals surface area (Å²) in [7, 11) is 2.48. The van der Waals surface area contributed by atoms with E-state index in [1.165, 1.54) is 26.4 Å². The SMILES string of the molecule is C=CCO[C@H](C(=O)OC)[C@@H](CC=C)C(=O)OC. The van der Waals surface area contributed by atoms with E-state index in [1.54, 1.807) is 0 Å². The number of carbonyl (C=O) groups excluding carboxylic acids is 2. The molecule has 0 radical (unpaired) electrons. The van der Waals surface area contributed by atoms with E-state index < -0.39 is 24.0 Å². The number of rotatable bonds is 8. The Kier molecular flexibility index (Phi) is 7.71. The second-order valence-corrected chi connectivity index (χ2v) is 3.22. The molecule has 0 aliphatic rings. The molecule has 0 saturated heterocycles. The Morgan fingerprint density at radius 3 is 2.12 bits per heavy atom. The number of allylic oxidation sites excluding steroid dienone is 1. The first-order valence-electron chi connectivity index (χ1n) is 5.11. The summed E-state index contributed by atoms with van der Waals surface area (Å²) in [6.45, 7) is 7.15. The van der Waals surface area contributed by atoms with Gasteiger partial charge in [-0.2, -0.15) is 0 Å². The van der Waals surface area contributed by atoms with Gasteiger partial charge in [-0.25, -0.2) is 4.79 Å². The molecule has 0 aliphatic carbocycles. The Bertz CT molecular complexity index is 285. The summed E-state index contributed by atoms with van der Waals surface area (Å²) in [6, 6.07) is 0. The van der Waals surface area contributed by atoms with Gasteiger partial charge in [0, 0.05) is 0 Å². The lowest BCUT2D eigenvalue weighted by atomic mass is 9.98. The number of carbonyl (C=O) groups is 2. The van der Waals surface area contributed by atoms with Crippen LogP contribution in [0.15, 0.2) is 25.3 Å². The number of esters is 2. The molecule has 0 aromatic rings. The maximum absolute atomic E-state index is 11.5. The Balaban J connectivity index is 4.90. The van der Waals surface area contributed by atoms with Gasteiger partial charge in [-0.3, -0.25) is 4.79 Å². The summed E-state index contributed by atoms with van der Waals surface area (Å²) < 4.78 is 14.5. The molecule has 0 bridgehead atoms. The standard InChI is InChI=1S/C12H18O5/c1-5-7-9(11(13)15-3)10(12(14)16-4)17-8-6-2/h5-6,9-10H,1-2,7-8H2,3-4H3/t9-,10+/m1/s1. The van der Waals surface area contributed by atoms with Crippen LogP contribution in [0.2, 0.25) is 0 Å². The monoisotopic (exact) mass is 242 g/mol. The lowest BCUT2D eigenvalue weighted by Gasteiger charge is -2.21. The van der Waals surface area contributed by atoms with Gasteiger partial charge < -0.3 is 14.2 Å². The molecule has 0 aliphatic heterocycles. The first-order valence-corrected chi connectivity index (χ1v) is 5.11. The molecule has 0 saturated carbocycles. The van der Waals surface area contributed by atoms with Crippen LogP contribution in [0.1, 0.15) is 6.42 Å². The van der Waals surface area contributed by atoms with Crippen LogP contribution in [-0.4, -0.2) is 38.9 Å². The first kappa shape index (κ1) is 15.4. The summed E-state index contributed by atoms with van der Waals surface area (Å²) in [5.41, 5.74) is 0. The molecule has 0 aromatic carbocycles. The Labute approximate surface area is 101 Å². The van der Waals surface area contributed by atoms with E-state index >= 15 is 0 Å². The zero-order valence-electron chi connectivity index (χ0n) is 10.2. The van der Waals surface area contributed by atoms with Crippen molar-refractivity contribution in [2.24, 2.45) is 5.92 Å². The van der Waals surface area contributed by atoms with E-state index in [9.17, 15) is 9.59 Å².